The van der Waals surface area contributed by atoms with Crippen LogP contribution in [0.25, 0.3) is 11.0 Å². The molecule has 11 heteroatoms. The third kappa shape index (κ3) is 4.40. The second-order valence-corrected chi connectivity index (χ2v) is 13.2. The number of aryl methyl sites for hydroxylation is 1. The van der Waals surface area contributed by atoms with E-state index in [1.807, 2.05) is 30.3 Å². The molecule has 4 atom stereocenters. The van der Waals surface area contributed by atoms with Crippen LogP contribution in [0.2, 0.25) is 10.0 Å². The Bertz CT molecular complexity index is 2120. The SMILES string of the molecule is COc1cccc(CCN2[C@H]3CCn4c(nc5cc(C(=O)O)ccc54)[C@H]3[C@H](c3cccc(Cl)c3F)[C@]23C(=O)Nc2cc(Cl)ccc23)c1. The van der Waals surface area contributed by atoms with Crippen LogP contribution in [0.3, 0.4) is 0 Å². The lowest BCUT2D eigenvalue weighted by atomic mass is 9.70. The minimum atomic E-state index is -1.33. The molecule has 2 N–H and O–H groups in total. The van der Waals surface area contributed by atoms with Gasteiger partial charge >= 0.3 is 5.97 Å². The molecule has 1 fully saturated rings. The average molecular weight is 672 g/mol. The van der Waals surface area contributed by atoms with Crippen molar-refractivity contribution in [3.05, 3.63) is 123 Å². The second kappa shape index (κ2) is 11.1. The Hall–Kier alpha value is -4.44. The molecular weight excluding hydrogens is 642 g/mol. The van der Waals surface area contributed by atoms with E-state index in [-0.39, 0.29) is 22.5 Å². The van der Waals surface area contributed by atoms with Crippen LogP contribution in [0.4, 0.5) is 10.1 Å². The van der Waals surface area contributed by atoms with E-state index in [0.29, 0.717) is 59.1 Å². The molecule has 0 saturated carbocycles. The van der Waals surface area contributed by atoms with Gasteiger partial charge < -0.3 is 19.7 Å². The zero-order valence-electron chi connectivity index (χ0n) is 25.2. The van der Waals surface area contributed by atoms with E-state index >= 15 is 4.39 Å². The smallest absolute Gasteiger partial charge is 0.335 e. The Morgan fingerprint density at radius 3 is 2.74 bits per heavy atom. The summed E-state index contributed by atoms with van der Waals surface area (Å²) in [6, 6.07) is 22.8. The molecule has 3 aliphatic heterocycles. The molecule has 8 nitrogen and oxygen atoms in total. The van der Waals surface area contributed by atoms with E-state index in [1.165, 1.54) is 6.07 Å². The largest absolute Gasteiger partial charge is 0.497 e. The number of rotatable bonds is 6. The maximum absolute atomic E-state index is 16.4. The van der Waals surface area contributed by atoms with Crippen LogP contribution in [-0.4, -0.2) is 51.1 Å². The number of hydrogen-bond donors (Lipinski definition) is 2. The number of imidazole rings is 1. The summed E-state index contributed by atoms with van der Waals surface area (Å²) < 4.78 is 24.0. The van der Waals surface area contributed by atoms with Crippen LogP contribution in [-0.2, 0) is 23.3 Å². The predicted octanol–water partition coefficient (Wildman–Crippen LogP) is 7.23. The van der Waals surface area contributed by atoms with Crippen LogP contribution >= 0.6 is 23.2 Å². The first kappa shape index (κ1) is 29.9. The van der Waals surface area contributed by atoms with Gasteiger partial charge in [-0.1, -0.05) is 53.5 Å². The summed E-state index contributed by atoms with van der Waals surface area (Å²) in [6.07, 6.45) is 1.25. The molecule has 1 spiro atoms. The van der Waals surface area contributed by atoms with Gasteiger partial charge in [0, 0.05) is 47.2 Å². The van der Waals surface area contributed by atoms with Crippen molar-refractivity contribution in [2.75, 3.05) is 19.0 Å². The summed E-state index contributed by atoms with van der Waals surface area (Å²) in [5.74, 6) is -1.67. The fourth-order valence-corrected chi connectivity index (χ4v) is 8.64. The molecule has 1 amide bonds. The summed E-state index contributed by atoms with van der Waals surface area (Å²) in [7, 11) is 1.63. The summed E-state index contributed by atoms with van der Waals surface area (Å²) >= 11 is 12.9. The first-order valence-corrected chi connectivity index (χ1v) is 16.2. The number of methoxy groups -OCH3 is 1. The van der Waals surface area contributed by atoms with Crippen LogP contribution in [0, 0.1) is 5.82 Å². The number of aromatic nitrogens is 2. The molecule has 8 rings (SSSR count). The van der Waals surface area contributed by atoms with Gasteiger partial charge in [-0.05, 0) is 72.5 Å². The summed E-state index contributed by atoms with van der Waals surface area (Å²) in [5, 5.41) is 13.2. The van der Waals surface area contributed by atoms with E-state index in [1.54, 1.807) is 49.6 Å². The van der Waals surface area contributed by atoms with Gasteiger partial charge in [0.05, 0.1) is 28.7 Å². The number of fused-ring (bicyclic) bond motifs is 7. The molecule has 0 bridgehead atoms. The molecule has 4 aromatic carbocycles. The number of anilines is 1. The number of nitrogens with one attached hydrogen (secondary N) is 1. The third-order valence-corrected chi connectivity index (χ3v) is 10.7. The van der Waals surface area contributed by atoms with Crippen LogP contribution < -0.4 is 10.1 Å². The van der Waals surface area contributed by atoms with Gasteiger partial charge in [0.15, 0.2) is 0 Å². The number of likely N-dealkylation sites (tertiary alicyclic amines) is 1. The van der Waals surface area contributed by atoms with E-state index in [2.05, 4.69) is 14.8 Å². The number of halogens is 3. The minimum Gasteiger partial charge on any atom is -0.497 e. The number of carboxylic acid groups (broad SMARTS) is 1. The third-order valence-electron chi connectivity index (χ3n) is 10.1. The minimum absolute atomic E-state index is 0.0332. The van der Waals surface area contributed by atoms with Crippen molar-refractivity contribution in [3.8, 4) is 5.75 Å². The highest BCUT2D eigenvalue weighted by Gasteiger charge is 2.68. The predicted molar refractivity (Wildman–Crippen MR) is 177 cm³/mol. The number of aromatic carboxylic acids is 1. The zero-order chi connectivity index (χ0) is 32.6. The summed E-state index contributed by atoms with van der Waals surface area (Å²) in [5.41, 5.74) is 2.78. The molecule has 3 aliphatic rings. The fraction of sp³-hybridized carbons (Fsp3) is 0.250. The molecule has 238 valence electrons. The van der Waals surface area contributed by atoms with Crippen LogP contribution in [0.5, 0.6) is 5.75 Å². The number of carboxylic acids is 1. The topological polar surface area (TPSA) is 96.7 Å². The molecule has 47 heavy (non-hydrogen) atoms. The Kier molecular flexibility index (Phi) is 7.05. The number of benzene rings is 4. The number of ether oxygens (including phenoxy) is 1. The molecule has 0 aliphatic carbocycles. The first-order valence-electron chi connectivity index (χ1n) is 15.4. The van der Waals surface area contributed by atoms with Crippen molar-refractivity contribution < 1.29 is 23.8 Å². The Labute approximate surface area is 279 Å². The number of carbonyl (C=O) groups is 2. The molecule has 1 aromatic heterocycles. The second-order valence-electron chi connectivity index (χ2n) is 12.3. The standard InChI is InChI=1S/C36H29Cl2FN4O4/c1-47-22-5-2-4-19(16-22)12-15-43-29-13-14-42-28-11-8-20(34(44)45)17-27(28)40-33(42)30(29)31(23-6-3-7-25(38)32(23)39)36(43)24-10-9-21(37)18-26(24)41-35(36)46/h2-11,16-18,29-31H,12-15H2,1H3,(H,41,46)(H,44,45)/t29-,30+,31-,36+/m0/s1. The monoisotopic (exact) mass is 670 g/mol. The maximum atomic E-state index is 16.4. The van der Waals surface area contributed by atoms with E-state index in [4.69, 9.17) is 32.9 Å². The van der Waals surface area contributed by atoms with Crippen molar-refractivity contribution in [1.29, 1.82) is 0 Å². The fourth-order valence-electron chi connectivity index (χ4n) is 8.29. The Morgan fingerprint density at radius 1 is 1.11 bits per heavy atom. The van der Waals surface area contributed by atoms with Crippen LogP contribution in [0.15, 0.2) is 78.9 Å². The molecule has 1 saturated heterocycles. The lowest BCUT2D eigenvalue weighted by Crippen LogP contribution is -2.53. The van der Waals surface area contributed by atoms with Crippen LogP contribution in [0.1, 0.15) is 51.1 Å². The lowest BCUT2D eigenvalue weighted by Gasteiger charge is -2.40. The summed E-state index contributed by atoms with van der Waals surface area (Å²) in [4.78, 5) is 33.9. The van der Waals surface area contributed by atoms with Gasteiger partial charge in [-0.2, -0.15) is 0 Å². The van der Waals surface area contributed by atoms with E-state index < -0.39 is 29.2 Å². The van der Waals surface area contributed by atoms with Crippen molar-refractivity contribution >= 4 is 51.8 Å². The Morgan fingerprint density at radius 2 is 1.94 bits per heavy atom. The number of hydrogen-bond acceptors (Lipinski definition) is 5. The van der Waals surface area contributed by atoms with Gasteiger partial charge in [0.1, 0.15) is 22.9 Å². The van der Waals surface area contributed by atoms with Gasteiger partial charge in [-0.15, -0.1) is 0 Å². The maximum Gasteiger partial charge on any atom is 0.335 e. The van der Waals surface area contributed by atoms with E-state index in [0.717, 1.165) is 16.8 Å². The summed E-state index contributed by atoms with van der Waals surface area (Å²) in [6.45, 7) is 1.07. The van der Waals surface area contributed by atoms with Crippen molar-refractivity contribution in [2.24, 2.45) is 0 Å². The van der Waals surface area contributed by atoms with Gasteiger partial charge in [0.2, 0.25) is 5.91 Å². The normalized spacial score (nSPS) is 23.1. The molecule has 4 heterocycles. The molecule has 0 unspecified atom stereocenters. The highest BCUT2D eigenvalue weighted by atomic mass is 35.5. The number of amides is 1. The highest BCUT2D eigenvalue weighted by Crippen LogP contribution is 2.64. The molecule has 5 aromatic rings. The molecule has 0 radical (unpaired) electrons. The molecular formula is C36H29Cl2FN4O4. The average Bonchev–Trinajstić information content (AvgIpc) is 3.68. The van der Waals surface area contributed by atoms with Gasteiger partial charge in [-0.25, -0.2) is 14.2 Å². The number of carbonyl (C=O) groups excluding carboxylic acids is 1. The highest BCUT2D eigenvalue weighted by molar-refractivity contribution is 6.31. The zero-order valence-corrected chi connectivity index (χ0v) is 26.7. The lowest BCUT2D eigenvalue weighted by molar-refractivity contribution is -0.127. The van der Waals surface area contributed by atoms with Crippen molar-refractivity contribution in [3.63, 3.8) is 0 Å². The Balaban J connectivity index is 1.38. The van der Waals surface area contributed by atoms with Crippen molar-refractivity contribution in [1.82, 2.24) is 14.5 Å². The van der Waals surface area contributed by atoms with Crippen molar-refractivity contribution in [2.45, 2.75) is 42.8 Å². The number of nitrogens with zero attached hydrogens (tertiary/aromatic N) is 3. The van der Waals surface area contributed by atoms with Gasteiger partial charge in [-0.3, -0.25) is 9.69 Å². The van der Waals surface area contributed by atoms with Gasteiger partial charge in [0.25, 0.3) is 0 Å². The first-order chi connectivity index (χ1) is 22.7. The van der Waals surface area contributed by atoms with E-state index in [9.17, 15) is 14.7 Å². The quantitative estimate of drug-likeness (QED) is 0.198.